The Morgan fingerprint density at radius 3 is 2.76 bits per heavy atom. The van der Waals surface area contributed by atoms with Gasteiger partial charge < -0.3 is 14.6 Å². The molecule has 0 bridgehead atoms. The molecule has 1 aromatic rings. The molecular formula is C14H21N3O4. The standard InChI is InChI=1S/C14H21N3O4/c1-2-6-15-10-12(17(20)21)9-13(15)14(19)16(7-8-18)11-4-3-5-11/h9-11,18H,2-8H2,1H3. The van der Waals surface area contributed by atoms with E-state index < -0.39 is 4.92 Å². The molecule has 1 saturated carbocycles. The molecule has 7 nitrogen and oxygen atoms in total. The Kier molecular flexibility index (Phi) is 4.95. The predicted octanol–water partition coefficient (Wildman–Crippen LogP) is 1.79. The number of aryl methyl sites for hydroxylation is 1. The summed E-state index contributed by atoms with van der Waals surface area (Å²) in [6.45, 7) is 2.69. The number of hydrogen-bond donors (Lipinski definition) is 1. The lowest BCUT2D eigenvalue weighted by Crippen LogP contribution is -2.46. The van der Waals surface area contributed by atoms with Crippen molar-refractivity contribution < 1.29 is 14.8 Å². The first-order valence-electron chi connectivity index (χ1n) is 7.34. The number of aliphatic hydroxyl groups excluding tert-OH is 1. The van der Waals surface area contributed by atoms with Gasteiger partial charge >= 0.3 is 0 Å². The van der Waals surface area contributed by atoms with Crippen molar-refractivity contribution in [3.63, 3.8) is 0 Å². The number of rotatable bonds is 7. The lowest BCUT2D eigenvalue weighted by Gasteiger charge is -2.37. The summed E-state index contributed by atoms with van der Waals surface area (Å²) in [6, 6.07) is 1.48. The SMILES string of the molecule is CCCn1cc([N+](=O)[O-])cc1C(=O)N(CCO)C1CCC1. The largest absolute Gasteiger partial charge is 0.395 e. The second-order valence-corrected chi connectivity index (χ2v) is 5.34. The number of nitrogens with zero attached hydrogens (tertiary/aromatic N) is 3. The van der Waals surface area contributed by atoms with Crippen LogP contribution in [-0.4, -0.2) is 44.6 Å². The van der Waals surface area contributed by atoms with E-state index in [1.165, 1.54) is 12.3 Å². The maximum atomic E-state index is 12.7. The van der Waals surface area contributed by atoms with E-state index in [-0.39, 0.29) is 30.8 Å². The zero-order valence-electron chi connectivity index (χ0n) is 12.2. The lowest BCUT2D eigenvalue weighted by molar-refractivity contribution is -0.384. The first-order chi connectivity index (χ1) is 10.1. The van der Waals surface area contributed by atoms with Gasteiger partial charge in [-0.1, -0.05) is 6.92 Å². The topological polar surface area (TPSA) is 88.6 Å². The fraction of sp³-hybridized carbons (Fsp3) is 0.643. The summed E-state index contributed by atoms with van der Waals surface area (Å²) in [5, 5.41) is 20.1. The zero-order valence-corrected chi connectivity index (χ0v) is 12.2. The van der Waals surface area contributed by atoms with Crippen LogP contribution in [0.25, 0.3) is 0 Å². The first-order valence-corrected chi connectivity index (χ1v) is 7.34. The van der Waals surface area contributed by atoms with Crippen LogP contribution in [0.5, 0.6) is 0 Å². The fourth-order valence-corrected chi connectivity index (χ4v) is 2.60. The predicted molar refractivity (Wildman–Crippen MR) is 77.1 cm³/mol. The van der Waals surface area contributed by atoms with Crippen molar-refractivity contribution >= 4 is 11.6 Å². The van der Waals surface area contributed by atoms with Gasteiger partial charge in [-0.05, 0) is 25.7 Å². The summed E-state index contributed by atoms with van der Waals surface area (Å²) in [4.78, 5) is 24.8. The minimum atomic E-state index is -0.483. The third kappa shape index (κ3) is 3.24. The summed E-state index contributed by atoms with van der Waals surface area (Å²) < 4.78 is 1.64. The summed E-state index contributed by atoms with van der Waals surface area (Å²) in [7, 11) is 0. The Labute approximate surface area is 123 Å². The third-order valence-corrected chi connectivity index (χ3v) is 3.89. The number of aliphatic hydroxyl groups is 1. The van der Waals surface area contributed by atoms with Crippen molar-refractivity contribution in [3.8, 4) is 0 Å². The molecule has 0 atom stereocenters. The molecule has 1 aliphatic rings. The van der Waals surface area contributed by atoms with Crippen molar-refractivity contribution in [1.29, 1.82) is 0 Å². The molecule has 1 aliphatic carbocycles. The van der Waals surface area contributed by atoms with Crippen LogP contribution in [0.2, 0.25) is 0 Å². The van der Waals surface area contributed by atoms with Crippen LogP contribution < -0.4 is 0 Å². The van der Waals surface area contributed by atoms with Crippen LogP contribution in [0.15, 0.2) is 12.3 Å². The maximum absolute atomic E-state index is 12.7. The smallest absolute Gasteiger partial charge is 0.287 e. The van der Waals surface area contributed by atoms with E-state index in [0.29, 0.717) is 12.2 Å². The van der Waals surface area contributed by atoms with Gasteiger partial charge in [0.15, 0.2) is 0 Å². The molecule has 0 radical (unpaired) electrons. The monoisotopic (exact) mass is 295 g/mol. The molecule has 2 rings (SSSR count). The summed E-state index contributed by atoms with van der Waals surface area (Å²) in [5.41, 5.74) is 0.272. The van der Waals surface area contributed by atoms with E-state index in [0.717, 1.165) is 25.7 Å². The number of aromatic nitrogens is 1. The van der Waals surface area contributed by atoms with Gasteiger partial charge in [-0.25, -0.2) is 0 Å². The Balaban J connectivity index is 2.28. The van der Waals surface area contributed by atoms with Crippen LogP contribution in [0.4, 0.5) is 5.69 Å². The highest BCUT2D eigenvalue weighted by Crippen LogP contribution is 2.27. The Morgan fingerprint density at radius 2 is 2.29 bits per heavy atom. The van der Waals surface area contributed by atoms with Crippen LogP contribution in [0.3, 0.4) is 0 Å². The van der Waals surface area contributed by atoms with Crippen molar-refractivity contribution in [2.45, 2.75) is 45.2 Å². The maximum Gasteiger partial charge on any atom is 0.287 e. The summed E-state index contributed by atoms with van der Waals surface area (Å²) >= 11 is 0. The van der Waals surface area contributed by atoms with Crippen molar-refractivity contribution in [1.82, 2.24) is 9.47 Å². The van der Waals surface area contributed by atoms with Crippen molar-refractivity contribution in [2.24, 2.45) is 0 Å². The van der Waals surface area contributed by atoms with E-state index in [4.69, 9.17) is 5.11 Å². The average molecular weight is 295 g/mol. The summed E-state index contributed by atoms with van der Waals surface area (Å²) in [6.07, 6.45) is 5.14. The van der Waals surface area contributed by atoms with Crippen LogP contribution in [-0.2, 0) is 6.54 Å². The number of amides is 1. The van der Waals surface area contributed by atoms with Crippen LogP contribution in [0.1, 0.15) is 43.1 Å². The minimum Gasteiger partial charge on any atom is -0.395 e. The molecule has 1 aromatic heterocycles. The minimum absolute atomic E-state index is 0.0654. The number of hydrogen-bond acceptors (Lipinski definition) is 4. The van der Waals surface area contributed by atoms with E-state index >= 15 is 0 Å². The molecule has 0 saturated heterocycles. The highest BCUT2D eigenvalue weighted by atomic mass is 16.6. The molecule has 1 heterocycles. The molecule has 1 N–H and O–H groups in total. The molecular weight excluding hydrogens is 274 g/mol. The van der Waals surface area contributed by atoms with Gasteiger partial charge in [0.1, 0.15) is 5.69 Å². The number of nitro groups is 1. The van der Waals surface area contributed by atoms with Gasteiger partial charge in [0, 0.05) is 25.2 Å². The highest BCUT2D eigenvalue weighted by molar-refractivity contribution is 5.94. The average Bonchev–Trinajstić information content (AvgIpc) is 2.80. The second-order valence-electron chi connectivity index (χ2n) is 5.34. The van der Waals surface area contributed by atoms with E-state index in [2.05, 4.69) is 0 Å². The summed E-state index contributed by atoms with van der Waals surface area (Å²) in [5.74, 6) is -0.227. The lowest BCUT2D eigenvalue weighted by atomic mass is 9.91. The molecule has 0 spiro atoms. The van der Waals surface area contributed by atoms with E-state index in [1.54, 1.807) is 9.47 Å². The van der Waals surface area contributed by atoms with Gasteiger partial charge in [0.05, 0.1) is 17.7 Å². The van der Waals surface area contributed by atoms with Gasteiger partial charge in [0.25, 0.3) is 11.6 Å². The number of carbonyl (C=O) groups excluding carboxylic acids is 1. The van der Waals surface area contributed by atoms with E-state index in [9.17, 15) is 14.9 Å². The Bertz CT molecular complexity index is 522. The molecule has 1 amide bonds. The molecule has 0 unspecified atom stereocenters. The molecule has 0 aliphatic heterocycles. The molecule has 116 valence electrons. The Hall–Kier alpha value is -1.89. The quantitative estimate of drug-likeness (QED) is 0.613. The molecule has 7 heteroatoms. The highest BCUT2D eigenvalue weighted by Gasteiger charge is 2.31. The van der Waals surface area contributed by atoms with E-state index in [1.807, 2.05) is 6.92 Å². The first kappa shape index (κ1) is 15.5. The van der Waals surface area contributed by atoms with Crippen LogP contribution in [0, 0.1) is 10.1 Å². The normalized spacial score (nSPS) is 14.8. The van der Waals surface area contributed by atoms with Crippen molar-refractivity contribution in [3.05, 3.63) is 28.1 Å². The molecule has 1 fully saturated rings. The van der Waals surface area contributed by atoms with Crippen molar-refractivity contribution in [2.75, 3.05) is 13.2 Å². The van der Waals surface area contributed by atoms with Gasteiger partial charge in [-0.3, -0.25) is 14.9 Å². The zero-order chi connectivity index (χ0) is 15.4. The van der Waals surface area contributed by atoms with Gasteiger partial charge in [-0.15, -0.1) is 0 Å². The van der Waals surface area contributed by atoms with Gasteiger partial charge in [-0.2, -0.15) is 0 Å². The molecule has 0 aromatic carbocycles. The van der Waals surface area contributed by atoms with Gasteiger partial charge in [0.2, 0.25) is 0 Å². The second kappa shape index (κ2) is 6.71. The Morgan fingerprint density at radius 1 is 1.57 bits per heavy atom. The third-order valence-electron chi connectivity index (χ3n) is 3.89. The fourth-order valence-electron chi connectivity index (χ4n) is 2.60. The van der Waals surface area contributed by atoms with Crippen LogP contribution >= 0.6 is 0 Å². The number of carbonyl (C=O) groups is 1. The molecule has 21 heavy (non-hydrogen) atoms.